The van der Waals surface area contributed by atoms with Gasteiger partial charge in [0.15, 0.2) is 0 Å². The van der Waals surface area contributed by atoms with Crippen LogP contribution in [0, 0.1) is 0 Å². The van der Waals surface area contributed by atoms with E-state index >= 15 is 0 Å². The lowest BCUT2D eigenvalue weighted by Gasteiger charge is -2.18. The monoisotopic (exact) mass is 252 g/mol. The third-order valence-corrected chi connectivity index (χ3v) is 3.01. The summed E-state index contributed by atoms with van der Waals surface area (Å²) in [6, 6.07) is 7.87. The Bertz CT molecular complexity index is 722. The molecule has 0 aliphatic heterocycles. The summed E-state index contributed by atoms with van der Waals surface area (Å²) in [6.45, 7) is 6.36. The van der Waals surface area contributed by atoms with Crippen molar-refractivity contribution < 1.29 is 0 Å². The molecular formula is C15H16N4. The molecule has 0 spiro atoms. The van der Waals surface area contributed by atoms with E-state index in [2.05, 4.69) is 35.8 Å². The molecule has 0 radical (unpaired) electrons. The van der Waals surface area contributed by atoms with Crippen molar-refractivity contribution in [3.05, 3.63) is 42.9 Å². The summed E-state index contributed by atoms with van der Waals surface area (Å²) in [5.41, 5.74) is 3.64. The first-order valence-electron chi connectivity index (χ1n) is 6.31. The molecule has 0 unspecified atom stereocenters. The minimum absolute atomic E-state index is 0.0253. The van der Waals surface area contributed by atoms with E-state index in [0.717, 1.165) is 22.3 Å². The van der Waals surface area contributed by atoms with Crippen LogP contribution in [0.15, 0.2) is 42.9 Å². The quantitative estimate of drug-likeness (QED) is 0.667. The van der Waals surface area contributed by atoms with Crippen molar-refractivity contribution in [3.63, 3.8) is 0 Å². The Hall–Kier alpha value is -2.23. The molecule has 4 nitrogen and oxygen atoms in total. The van der Waals surface area contributed by atoms with Gasteiger partial charge in [-0.25, -0.2) is 4.98 Å². The lowest BCUT2D eigenvalue weighted by Crippen LogP contribution is -2.21. The number of benzene rings is 1. The van der Waals surface area contributed by atoms with E-state index in [9.17, 15) is 0 Å². The number of para-hydroxylation sites is 2. The summed E-state index contributed by atoms with van der Waals surface area (Å²) in [5.74, 6) is 0. The molecule has 19 heavy (non-hydrogen) atoms. The van der Waals surface area contributed by atoms with Gasteiger partial charge in [0.05, 0.1) is 34.7 Å². The Morgan fingerprint density at radius 1 is 1.00 bits per heavy atom. The molecule has 2 aromatic heterocycles. The van der Waals surface area contributed by atoms with E-state index < -0.39 is 0 Å². The minimum Gasteiger partial charge on any atom is -0.267 e. The standard InChI is InChI=1S/C15H16N4/c1-15(2,3)19-10-11(8-17-19)14-9-16-12-6-4-5-7-13(12)18-14/h4-10H,1-3H3. The first-order valence-corrected chi connectivity index (χ1v) is 6.31. The van der Waals surface area contributed by atoms with Gasteiger partial charge in [-0.05, 0) is 32.9 Å². The molecule has 0 aliphatic rings. The van der Waals surface area contributed by atoms with Gasteiger partial charge in [-0.2, -0.15) is 5.10 Å². The summed E-state index contributed by atoms with van der Waals surface area (Å²) in [5, 5.41) is 4.39. The second-order valence-electron chi connectivity index (χ2n) is 5.59. The lowest BCUT2D eigenvalue weighted by atomic mass is 10.1. The van der Waals surface area contributed by atoms with Crippen molar-refractivity contribution in [2.75, 3.05) is 0 Å². The maximum Gasteiger partial charge on any atom is 0.0924 e. The summed E-state index contributed by atoms with van der Waals surface area (Å²) in [7, 11) is 0. The number of nitrogens with zero attached hydrogens (tertiary/aromatic N) is 4. The van der Waals surface area contributed by atoms with E-state index in [1.54, 1.807) is 6.20 Å². The molecule has 4 heteroatoms. The molecule has 0 N–H and O–H groups in total. The van der Waals surface area contributed by atoms with Crippen molar-refractivity contribution in [2.45, 2.75) is 26.3 Å². The fraction of sp³-hybridized carbons (Fsp3) is 0.267. The Balaban J connectivity index is 2.07. The predicted octanol–water partition coefficient (Wildman–Crippen LogP) is 3.25. The average molecular weight is 252 g/mol. The van der Waals surface area contributed by atoms with Crippen LogP contribution < -0.4 is 0 Å². The smallest absolute Gasteiger partial charge is 0.0924 e. The fourth-order valence-electron chi connectivity index (χ4n) is 1.92. The molecule has 0 bridgehead atoms. The third-order valence-electron chi connectivity index (χ3n) is 3.01. The number of hydrogen-bond acceptors (Lipinski definition) is 3. The van der Waals surface area contributed by atoms with E-state index in [4.69, 9.17) is 0 Å². The van der Waals surface area contributed by atoms with Gasteiger partial charge in [0, 0.05) is 11.8 Å². The van der Waals surface area contributed by atoms with Crippen LogP contribution in [0.3, 0.4) is 0 Å². The van der Waals surface area contributed by atoms with Crippen LogP contribution in [0.4, 0.5) is 0 Å². The third kappa shape index (κ3) is 2.21. The minimum atomic E-state index is -0.0253. The van der Waals surface area contributed by atoms with Crippen LogP contribution in [0.1, 0.15) is 20.8 Å². The SMILES string of the molecule is CC(C)(C)n1cc(-c2cnc3ccccc3n2)cn1. The highest BCUT2D eigenvalue weighted by atomic mass is 15.3. The van der Waals surface area contributed by atoms with Gasteiger partial charge in [-0.1, -0.05) is 12.1 Å². The lowest BCUT2D eigenvalue weighted by molar-refractivity contribution is 0.355. The van der Waals surface area contributed by atoms with Gasteiger partial charge in [0.25, 0.3) is 0 Å². The zero-order valence-electron chi connectivity index (χ0n) is 11.3. The van der Waals surface area contributed by atoms with Crippen molar-refractivity contribution in [3.8, 4) is 11.3 Å². The largest absolute Gasteiger partial charge is 0.267 e. The molecule has 0 aliphatic carbocycles. The van der Waals surface area contributed by atoms with Gasteiger partial charge in [-0.3, -0.25) is 9.67 Å². The predicted molar refractivity (Wildman–Crippen MR) is 75.8 cm³/mol. The number of fused-ring (bicyclic) bond motifs is 1. The highest BCUT2D eigenvalue weighted by Gasteiger charge is 2.15. The molecule has 2 heterocycles. The molecule has 0 saturated heterocycles. The number of aromatic nitrogens is 4. The van der Waals surface area contributed by atoms with Crippen molar-refractivity contribution in [1.82, 2.24) is 19.7 Å². The molecule has 0 saturated carbocycles. The topological polar surface area (TPSA) is 43.6 Å². The fourth-order valence-corrected chi connectivity index (χ4v) is 1.92. The first-order chi connectivity index (χ1) is 9.04. The first kappa shape index (κ1) is 11.8. The Morgan fingerprint density at radius 3 is 2.42 bits per heavy atom. The average Bonchev–Trinajstić information content (AvgIpc) is 2.87. The second kappa shape index (κ2) is 4.16. The van der Waals surface area contributed by atoms with Gasteiger partial charge in [-0.15, -0.1) is 0 Å². The summed E-state index contributed by atoms with van der Waals surface area (Å²) in [4.78, 5) is 9.05. The highest BCUT2D eigenvalue weighted by molar-refractivity contribution is 5.76. The van der Waals surface area contributed by atoms with Gasteiger partial charge < -0.3 is 0 Å². The van der Waals surface area contributed by atoms with E-state index in [1.807, 2.05) is 41.3 Å². The summed E-state index contributed by atoms with van der Waals surface area (Å²) >= 11 is 0. The van der Waals surface area contributed by atoms with Crippen LogP contribution in [0.2, 0.25) is 0 Å². The maximum absolute atomic E-state index is 4.63. The molecular weight excluding hydrogens is 236 g/mol. The van der Waals surface area contributed by atoms with Crippen molar-refractivity contribution >= 4 is 11.0 Å². The second-order valence-corrected chi connectivity index (χ2v) is 5.59. The van der Waals surface area contributed by atoms with Crippen LogP contribution in [0.25, 0.3) is 22.3 Å². The highest BCUT2D eigenvalue weighted by Crippen LogP contribution is 2.21. The van der Waals surface area contributed by atoms with Gasteiger partial charge in [0.2, 0.25) is 0 Å². The van der Waals surface area contributed by atoms with Crippen LogP contribution in [-0.2, 0) is 5.54 Å². The molecule has 1 aromatic carbocycles. The van der Waals surface area contributed by atoms with Crippen LogP contribution in [0.5, 0.6) is 0 Å². The number of rotatable bonds is 1. The van der Waals surface area contributed by atoms with E-state index in [1.165, 1.54) is 0 Å². The molecule has 0 atom stereocenters. The zero-order chi connectivity index (χ0) is 13.5. The molecule has 0 fully saturated rings. The molecule has 0 amide bonds. The van der Waals surface area contributed by atoms with Crippen molar-refractivity contribution in [1.29, 1.82) is 0 Å². The van der Waals surface area contributed by atoms with Crippen molar-refractivity contribution in [2.24, 2.45) is 0 Å². The van der Waals surface area contributed by atoms with Gasteiger partial charge in [0.1, 0.15) is 0 Å². The molecule has 96 valence electrons. The van der Waals surface area contributed by atoms with Gasteiger partial charge >= 0.3 is 0 Å². The van der Waals surface area contributed by atoms with E-state index in [0.29, 0.717) is 0 Å². The normalized spacial score (nSPS) is 11.9. The summed E-state index contributed by atoms with van der Waals surface area (Å²) in [6.07, 6.45) is 5.65. The molecule has 3 rings (SSSR count). The van der Waals surface area contributed by atoms with E-state index in [-0.39, 0.29) is 5.54 Å². The maximum atomic E-state index is 4.63. The number of hydrogen-bond donors (Lipinski definition) is 0. The molecule has 3 aromatic rings. The Morgan fingerprint density at radius 2 is 1.74 bits per heavy atom. The Labute approximate surface area is 112 Å². The zero-order valence-corrected chi connectivity index (χ0v) is 11.3. The Kier molecular flexibility index (Phi) is 2.59. The van der Waals surface area contributed by atoms with Crippen LogP contribution >= 0.6 is 0 Å². The summed E-state index contributed by atoms with van der Waals surface area (Å²) < 4.78 is 1.94. The van der Waals surface area contributed by atoms with Crippen LogP contribution in [-0.4, -0.2) is 19.7 Å².